The summed E-state index contributed by atoms with van der Waals surface area (Å²) in [4.78, 5) is 17.8. The molecule has 1 atom stereocenters. The van der Waals surface area contributed by atoms with Gasteiger partial charge in [-0.2, -0.15) is 0 Å². The largest absolute Gasteiger partial charge is 0.373 e. The Morgan fingerprint density at radius 2 is 1.90 bits per heavy atom. The van der Waals surface area contributed by atoms with Gasteiger partial charge in [0, 0.05) is 11.3 Å². The fourth-order valence-electron chi connectivity index (χ4n) is 2.79. The number of carbonyl (C=O) groups excluding carboxylic acids is 1. The lowest BCUT2D eigenvalue weighted by Crippen LogP contribution is -2.34. The highest BCUT2D eigenvalue weighted by atomic mass is 19.1. The Kier molecular flexibility index (Phi) is 2.39. The van der Waals surface area contributed by atoms with E-state index in [2.05, 4.69) is 10.5 Å². The summed E-state index contributed by atoms with van der Waals surface area (Å²) < 4.78 is 13.0. The minimum Gasteiger partial charge on any atom is -0.373 e. The van der Waals surface area contributed by atoms with Crippen molar-refractivity contribution in [2.75, 3.05) is 5.32 Å². The molecule has 0 unspecified atom stereocenters. The van der Waals surface area contributed by atoms with Crippen LogP contribution in [0.25, 0.3) is 0 Å². The van der Waals surface area contributed by atoms with Gasteiger partial charge in [-0.05, 0) is 23.8 Å². The first-order valence-electron chi connectivity index (χ1n) is 6.61. The maximum Gasteiger partial charge on any atom is 0.276 e. The first-order chi connectivity index (χ1) is 10.2. The number of carbonyl (C=O) groups is 1. The average molecular weight is 282 g/mol. The highest BCUT2D eigenvalue weighted by Gasteiger charge is 2.53. The van der Waals surface area contributed by atoms with E-state index in [4.69, 9.17) is 4.84 Å². The van der Waals surface area contributed by atoms with Crippen LogP contribution in [0.4, 0.5) is 10.1 Å². The van der Waals surface area contributed by atoms with E-state index >= 15 is 0 Å². The second-order valence-electron chi connectivity index (χ2n) is 5.14. The molecule has 0 aromatic heterocycles. The van der Waals surface area contributed by atoms with Crippen LogP contribution in [-0.2, 0) is 15.2 Å². The second-order valence-corrected chi connectivity index (χ2v) is 5.14. The predicted octanol–water partition coefficient (Wildman–Crippen LogP) is 2.80. The summed E-state index contributed by atoms with van der Waals surface area (Å²) in [6, 6.07) is 13.4. The fourth-order valence-corrected chi connectivity index (χ4v) is 2.79. The molecule has 1 spiro atoms. The first-order valence-corrected chi connectivity index (χ1v) is 6.61. The molecule has 4 rings (SSSR count). The molecule has 2 heterocycles. The molecule has 0 radical (unpaired) electrons. The van der Waals surface area contributed by atoms with E-state index in [1.807, 2.05) is 24.3 Å². The Balaban J connectivity index is 1.72. The molecule has 4 nitrogen and oxygen atoms in total. The molecule has 2 aliphatic rings. The third-order valence-electron chi connectivity index (χ3n) is 3.88. The molecule has 0 saturated carbocycles. The zero-order valence-corrected chi connectivity index (χ0v) is 11.0. The average Bonchev–Trinajstić information content (AvgIpc) is 3.05. The lowest BCUT2D eigenvalue weighted by Gasteiger charge is -2.18. The van der Waals surface area contributed by atoms with E-state index in [0.29, 0.717) is 12.1 Å². The molecular formula is C16H11FN2O2. The Morgan fingerprint density at radius 3 is 2.71 bits per heavy atom. The van der Waals surface area contributed by atoms with Crippen molar-refractivity contribution in [3.05, 3.63) is 65.5 Å². The highest BCUT2D eigenvalue weighted by Crippen LogP contribution is 2.45. The van der Waals surface area contributed by atoms with Gasteiger partial charge in [-0.15, -0.1) is 0 Å². The van der Waals surface area contributed by atoms with Crippen molar-refractivity contribution in [1.29, 1.82) is 0 Å². The first kappa shape index (κ1) is 12.1. The Bertz CT molecular complexity index is 770. The van der Waals surface area contributed by atoms with Crippen LogP contribution < -0.4 is 5.32 Å². The van der Waals surface area contributed by atoms with Crippen LogP contribution in [0.2, 0.25) is 0 Å². The van der Waals surface area contributed by atoms with Gasteiger partial charge in [-0.3, -0.25) is 4.79 Å². The summed E-state index contributed by atoms with van der Waals surface area (Å²) in [7, 11) is 0. The standard InChI is InChI=1S/C16H11FN2O2/c17-11-7-5-10(6-8-11)14-9-16(21-19-14)12-3-1-2-4-13(12)18-15(16)20/h1-8H,9H2,(H,18,20)/t16-/m0/s1. The third-order valence-corrected chi connectivity index (χ3v) is 3.88. The minimum absolute atomic E-state index is 0.218. The molecule has 1 N–H and O–H groups in total. The number of rotatable bonds is 1. The molecule has 0 saturated heterocycles. The Morgan fingerprint density at radius 1 is 1.14 bits per heavy atom. The number of oxime groups is 1. The SMILES string of the molecule is O=C1Nc2ccccc2[C@@]12CC(c1ccc(F)cc1)=NO2. The van der Waals surface area contributed by atoms with Crippen molar-refractivity contribution >= 4 is 17.3 Å². The number of benzene rings is 2. The zero-order valence-electron chi connectivity index (χ0n) is 11.0. The number of anilines is 1. The molecule has 1 amide bonds. The quantitative estimate of drug-likeness (QED) is 0.874. The lowest BCUT2D eigenvalue weighted by molar-refractivity contribution is -0.137. The van der Waals surface area contributed by atoms with Gasteiger partial charge in [0.1, 0.15) is 5.82 Å². The molecule has 0 fully saturated rings. The molecule has 2 aromatic rings. The number of hydrogen-bond donors (Lipinski definition) is 1. The van der Waals surface area contributed by atoms with Gasteiger partial charge in [0.05, 0.1) is 12.1 Å². The van der Waals surface area contributed by atoms with Crippen LogP contribution in [0.3, 0.4) is 0 Å². The summed E-state index contributed by atoms with van der Waals surface area (Å²) in [5.74, 6) is -0.526. The molecule has 2 aliphatic heterocycles. The summed E-state index contributed by atoms with van der Waals surface area (Å²) >= 11 is 0. The van der Waals surface area contributed by atoms with Crippen LogP contribution >= 0.6 is 0 Å². The van der Waals surface area contributed by atoms with Crippen molar-refractivity contribution < 1.29 is 14.0 Å². The molecule has 21 heavy (non-hydrogen) atoms. The van der Waals surface area contributed by atoms with Crippen molar-refractivity contribution in [1.82, 2.24) is 0 Å². The summed E-state index contributed by atoms with van der Waals surface area (Å²) in [5.41, 5.74) is 1.83. The lowest BCUT2D eigenvalue weighted by atomic mass is 9.88. The van der Waals surface area contributed by atoms with E-state index in [1.54, 1.807) is 12.1 Å². The maximum atomic E-state index is 13.0. The number of amides is 1. The van der Waals surface area contributed by atoms with Crippen LogP contribution in [0.5, 0.6) is 0 Å². The van der Waals surface area contributed by atoms with Gasteiger partial charge in [-0.1, -0.05) is 35.5 Å². The highest BCUT2D eigenvalue weighted by molar-refractivity contribution is 6.12. The molecule has 2 aromatic carbocycles. The molecular weight excluding hydrogens is 271 g/mol. The van der Waals surface area contributed by atoms with Crippen molar-refractivity contribution in [3.8, 4) is 0 Å². The summed E-state index contributed by atoms with van der Waals surface area (Å²) in [6.45, 7) is 0. The number of halogens is 1. The van der Waals surface area contributed by atoms with E-state index in [1.165, 1.54) is 12.1 Å². The predicted molar refractivity (Wildman–Crippen MR) is 75.4 cm³/mol. The normalized spacial score (nSPS) is 22.7. The smallest absolute Gasteiger partial charge is 0.276 e. The monoisotopic (exact) mass is 282 g/mol. The Labute approximate surface area is 120 Å². The fraction of sp³-hybridized carbons (Fsp3) is 0.125. The van der Waals surface area contributed by atoms with Crippen LogP contribution in [0, 0.1) is 5.82 Å². The Hall–Kier alpha value is -2.69. The maximum absolute atomic E-state index is 13.0. The van der Waals surface area contributed by atoms with Gasteiger partial charge in [0.2, 0.25) is 5.60 Å². The van der Waals surface area contributed by atoms with Gasteiger partial charge in [0.25, 0.3) is 5.91 Å². The number of para-hydroxylation sites is 1. The van der Waals surface area contributed by atoms with Crippen molar-refractivity contribution in [2.45, 2.75) is 12.0 Å². The van der Waals surface area contributed by atoms with E-state index in [0.717, 1.165) is 16.8 Å². The summed E-state index contributed by atoms with van der Waals surface area (Å²) in [5, 5.41) is 6.87. The van der Waals surface area contributed by atoms with Crippen LogP contribution in [0.1, 0.15) is 17.5 Å². The van der Waals surface area contributed by atoms with Crippen molar-refractivity contribution in [3.63, 3.8) is 0 Å². The summed E-state index contributed by atoms with van der Waals surface area (Å²) in [6.07, 6.45) is 0.335. The topological polar surface area (TPSA) is 50.7 Å². The van der Waals surface area contributed by atoms with Gasteiger partial charge >= 0.3 is 0 Å². The zero-order chi connectivity index (χ0) is 14.4. The van der Waals surface area contributed by atoms with Gasteiger partial charge in [0.15, 0.2) is 0 Å². The van der Waals surface area contributed by atoms with Gasteiger partial charge < -0.3 is 10.2 Å². The number of fused-ring (bicyclic) bond motifs is 2. The van der Waals surface area contributed by atoms with Crippen LogP contribution in [-0.4, -0.2) is 11.6 Å². The van der Waals surface area contributed by atoms with E-state index in [9.17, 15) is 9.18 Å². The molecule has 0 bridgehead atoms. The second kappa shape index (κ2) is 4.15. The third kappa shape index (κ3) is 1.67. The number of nitrogens with one attached hydrogen (secondary N) is 1. The van der Waals surface area contributed by atoms with Crippen molar-refractivity contribution in [2.24, 2.45) is 5.16 Å². The van der Waals surface area contributed by atoms with E-state index in [-0.39, 0.29) is 11.7 Å². The molecule has 5 heteroatoms. The number of hydrogen-bond acceptors (Lipinski definition) is 3. The van der Waals surface area contributed by atoms with E-state index < -0.39 is 5.60 Å². The minimum atomic E-state index is -1.10. The number of nitrogens with zero attached hydrogens (tertiary/aromatic N) is 1. The molecule has 0 aliphatic carbocycles. The molecule has 104 valence electrons. The van der Waals surface area contributed by atoms with Crippen LogP contribution in [0.15, 0.2) is 53.7 Å². The van der Waals surface area contributed by atoms with Gasteiger partial charge in [-0.25, -0.2) is 4.39 Å².